The van der Waals surface area contributed by atoms with Gasteiger partial charge in [0.25, 0.3) is 11.8 Å². The lowest BCUT2D eigenvalue weighted by molar-refractivity contribution is -0.128. The van der Waals surface area contributed by atoms with Gasteiger partial charge >= 0.3 is 0 Å². The molecule has 2 aromatic carbocycles. The lowest BCUT2D eigenvalue weighted by atomic mass is 10.1. The standard InChI is InChI=1S/C22H22N2O4/c1-15-11-12-16(23-20(25)19-10-7-13-27-19)14-18(15)24-21(26)22(2,3)28-17-8-5-4-6-9-17/h4-14H,1-3H3,(H,23,25)(H,24,26). The Balaban J connectivity index is 1.72. The smallest absolute Gasteiger partial charge is 0.291 e. The Hall–Kier alpha value is -3.54. The molecule has 28 heavy (non-hydrogen) atoms. The van der Waals surface area contributed by atoms with Crippen LogP contribution in [-0.2, 0) is 4.79 Å². The Kier molecular flexibility index (Phi) is 5.49. The number of nitrogens with one attached hydrogen (secondary N) is 2. The van der Waals surface area contributed by atoms with Crippen LogP contribution in [0.3, 0.4) is 0 Å². The van der Waals surface area contributed by atoms with Crippen molar-refractivity contribution in [3.8, 4) is 5.75 Å². The van der Waals surface area contributed by atoms with E-state index in [1.165, 1.54) is 6.26 Å². The molecule has 1 aromatic heterocycles. The predicted octanol–water partition coefficient (Wildman–Crippen LogP) is 4.64. The largest absolute Gasteiger partial charge is 0.478 e. The number of ether oxygens (including phenoxy) is 1. The van der Waals surface area contributed by atoms with E-state index in [2.05, 4.69) is 10.6 Å². The third-order valence-corrected chi connectivity index (χ3v) is 4.15. The van der Waals surface area contributed by atoms with E-state index in [1.54, 1.807) is 50.2 Å². The number of rotatable bonds is 6. The van der Waals surface area contributed by atoms with Gasteiger partial charge in [-0.05, 0) is 62.7 Å². The van der Waals surface area contributed by atoms with Gasteiger partial charge in [-0.25, -0.2) is 0 Å². The average molecular weight is 378 g/mol. The van der Waals surface area contributed by atoms with Crippen LogP contribution in [0.5, 0.6) is 5.75 Å². The minimum absolute atomic E-state index is 0.212. The number of para-hydroxylation sites is 1. The summed E-state index contributed by atoms with van der Waals surface area (Å²) in [5.41, 5.74) is 0.914. The van der Waals surface area contributed by atoms with Crippen LogP contribution in [0.2, 0.25) is 0 Å². The van der Waals surface area contributed by atoms with E-state index in [0.717, 1.165) is 5.56 Å². The maximum absolute atomic E-state index is 12.8. The van der Waals surface area contributed by atoms with Crippen molar-refractivity contribution in [1.82, 2.24) is 0 Å². The second kappa shape index (κ2) is 8.00. The SMILES string of the molecule is Cc1ccc(NC(=O)c2ccco2)cc1NC(=O)C(C)(C)Oc1ccccc1. The molecule has 2 N–H and O–H groups in total. The maximum Gasteiger partial charge on any atom is 0.291 e. The number of furan rings is 1. The van der Waals surface area contributed by atoms with Gasteiger partial charge in [0.05, 0.1) is 6.26 Å². The topological polar surface area (TPSA) is 80.6 Å². The first-order valence-electron chi connectivity index (χ1n) is 8.86. The van der Waals surface area contributed by atoms with E-state index < -0.39 is 5.60 Å². The normalized spacial score (nSPS) is 11.0. The molecule has 0 radical (unpaired) electrons. The fourth-order valence-corrected chi connectivity index (χ4v) is 2.54. The highest BCUT2D eigenvalue weighted by atomic mass is 16.5. The van der Waals surface area contributed by atoms with Gasteiger partial charge in [-0.1, -0.05) is 24.3 Å². The van der Waals surface area contributed by atoms with Crippen LogP contribution >= 0.6 is 0 Å². The summed E-state index contributed by atoms with van der Waals surface area (Å²) >= 11 is 0. The van der Waals surface area contributed by atoms with Crippen molar-refractivity contribution in [1.29, 1.82) is 0 Å². The number of hydrogen-bond acceptors (Lipinski definition) is 4. The Morgan fingerprint density at radius 1 is 0.964 bits per heavy atom. The zero-order valence-electron chi connectivity index (χ0n) is 16.0. The number of hydrogen-bond donors (Lipinski definition) is 2. The second-order valence-electron chi connectivity index (χ2n) is 6.84. The summed E-state index contributed by atoms with van der Waals surface area (Å²) in [6.45, 7) is 5.28. The van der Waals surface area contributed by atoms with Gasteiger partial charge < -0.3 is 19.8 Å². The zero-order valence-corrected chi connectivity index (χ0v) is 16.0. The van der Waals surface area contributed by atoms with Crippen molar-refractivity contribution in [2.24, 2.45) is 0 Å². The molecule has 3 aromatic rings. The van der Waals surface area contributed by atoms with Crippen LogP contribution in [0, 0.1) is 6.92 Å². The quantitative estimate of drug-likeness (QED) is 0.655. The summed E-state index contributed by atoms with van der Waals surface area (Å²) in [5, 5.41) is 5.63. The van der Waals surface area contributed by atoms with E-state index in [9.17, 15) is 9.59 Å². The van der Waals surface area contributed by atoms with Crippen LogP contribution < -0.4 is 15.4 Å². The Morgan fingerprint density at radius 3 is 2.39 bits per heavy atom. The molecule has 0 aliphatic heterocycles. The summed E-state index contributed by atoms with van der Waals surface area (Å²) in [7, 11) is 0. The van der Waals surface area contributed by atoms with Gasteiger partial charge in [0, 0.05) is 11.4 Å². The molecule has 6 heteroatoms. The summed E-state index contributed by atoms with van der Waals surface area (Å²) in [5.74, 6) is 0.162. The molecule has 0 bridgehead atoms. The predicted molar refractivity (Wildman–Crippen MR) is 108 cm³/mol. The van der Waals surface area contributed by atoms with Gasteiger partial charge in [0.1, 0.15) is 5.75 Å². The minimum atomic E-state index is -1.08. The summed E-state index contributed by atoms with van der Waals surface area (Å²) in [6.07, 6.45) is 1.44. The van der Waals surface area contributed by atoms with Crippen LogP contribution in [0.1, 0.15) is 30.0 Å². The molecule has 0 unspecified atom stereocenters. The first-order valence-corrected chi connectivity index (χ1v) is 8.86. The molecule has 0 aliphatic carbocycles. The first-order chi connectivity index (χ1) is 13.3. The van der Waals surface area contributed by atoms with Crippen molar-refractivity contribution in [2.45, 2.75) is 26.4 Å². The zero-order chi connectivity index (χ0) is 20.1. The van der Waals surface area contributed by atoms with E-state index in [1.807, 2.05) is 31.2 Å². The monoisotopic (exact) mass is 378 g/mol. The number of anilines is 2. The van der Waals surface area contributed by atoms with Gasteiger partial charge in [-0.15, -0.1) is 0 Å². The minimum Gasteiger partial charge on any atom is -0.478 e. The number of carbonyl (C=O) groups is 2. The van der Waals surface area contributed by atoms with Gasteiger partial charge in [-0.3, -0.25) is 9.59 Å². The van der Waals surface area contributed by atoms with Crippen LogP contribution in [0.15, 0.2) is 71.3 Å². The van der Waals surface area contributed by atoms with Crippen LogP contribution in [0.4, 0.5) is 11.4 Å². The summed E-state index contributed by atoms with van der Waals surface area (Å²) in [4.78, 5) is 24.9. The molecule has 3 rings (SSSR count). The third-order valence-electron chi connectivity index (χ3n) is 4.15. The summed E-state index contributed by atoms with van der Waals surface area (Å²) in [6, 6.07) is 17.7. The molecule has 0 saturated heterocycles. The van der Waals surface area contributed by atoms with Gasteiger partial charge in [-0.2, -0.15) is 0 Å². The number of carbonyl (C=O) groups excluding carboxylic acids is 2. The number of amides is 2. The molecule has 6 nitrogen and oxygen atoms in total. The highest BCUT2D eigenvalue weighted by Crippen LogP contribution is 2.24. The number of benzene rings is 2. The van der Waals surface area contributed by atoms with E-state index in [0.29, 0.717) is 17.1 Å². The lowest BCUT2D eigenvalue weighted by Gasteiger charge is -2.26. The van der Waals surface area contributed by atoms with Crippen molar-refractivity contribution in [2.75, 3.05) is 10.6 Å². The maximum atomic E-state index is 12.8. The fourth-order valence-electron chi connectivity index (χ4n) is 2.54. The molecular weight excluding hydrogens is 356 g/mol. The summed E-state index contributed by atoms with van der Waals surface area (Å²) < 4.78 is 10.9. The van der Waals surface area contributed by atoms with Crippen LogP contribution in [0.25, 0.3) is 0 Å². The first kappa shape index (κ1) is 19.2. The van der Waals surface area contributed by atoms with Crippen molar-refractivity contribution < 1.29 is 18.7 Å². The average Bonchev–Trinajstić information content (AvgIpc) is 3.20. The Morgan fingerprint density at radius 2 is 1.71 bits per heavy atom. The van der Waals surface area contributed by atoms with Gasteiger partial charge in [0.15, 0.2) is 11.4 Å². The molecule has 0 spiro atoms. The van der Waals surface area contributed by atoms with Crippen molar-refractivity contribution >= 4 is 23.2 Å². The highest BCUT2D eigenvalue weighted by Gasteiger charge is 2.30. The molecule has 2 amide bonds. The fraction of sp³-hybridized carbons (Fsp3) is 0.182. The van der Waals surface area contributed by atoms with Crippen LogP contribution in [-0.4, -0.2) is 17.4 Å². The van der Waals surface area contributed by atoms with Gasteiger partial charge in [0.2, 0.25) is 0 Å². The van der Waals surface area contributed by atoms with Crippen molar-refractivity contribution in [3.05, 3.63) is 78.3 Å². The van der Waals surface area contributed by atoms with E-state index >= 15 is 0 Å². The van der Waals surface area contributed by atoms with E-state index in [4.69, 9.17) is 9.15 Å². The molecule has 0 atom stereocenters. The van der Waals surface area contributed by atoms with Crippen molar-refractivity contribution in [3.63, 3.8) is 0 Å². The lowest BCUT2D eigenvalue weighted by Crippen LogP contribution is -2.42. The molecule has 0 fully saturated rings. The number of aryl methyl sites for hydroxylation is 1. The third kappa shape index (κ3) is 4.59. The molecule has 0 saturated carbocycles. The second-order valence-corrected chi connectivity index (χ2v) is 6.84. The van der Waals surface area contributed by atoms with E-state index in [-0.39, 0.29) is 17.6 Å². The molecule has 0 aliphatic rings. The Labute approximate surface area is 163 Å². The molecule has 144 valence electrons. The Bertz CT molecular complexity index is 963. The molecular formula is C22H22N2O4. The highest BCUT2D eigenvalue weighted by molar-refractivity contribution is 6.03. The molecule has 1 heterocycles.